The van der Waals surface area contributed by atoms with E-state index in [4.69, 9.17) is 18.0 Å². The smallest absolute Gasteiger partial charge is 0.225 e. The summed E-state index contributed by atoms with van der Waals surface area (Å²) in [6.45, 7) is 2.03. The fraction of sp³-hybridized carbons (Fsp3) is 0.875. The number of fused-ring (bicyclic) bond motifs is 1. The fourth-order valence-electron chi connectivity index (χ4n) is 4.03. The summed E-state index contributed by atoms with van der Waals surface area (Å²) in [6.07, 6.45) is 9.52. The quantitative estimate of drug-likeness (QED) is 0.811. The lowest BCUT2D eigenvalue weighted by Gasteiger charge is -2.40. The first-order valence-electron chi connectivity index (χ1n) is 8.04. The van der Waals surface area contributed by atoms with Gasteiger partial charge in [0.25, 0.3) is 0 Å². The molecule has 2 aliphatic carbocycles. The number of rotatable bonds is 4. The van der Waals surface area contributed by atoms with Crippen molar-refractivity contribution in [1.82, 2.24) is 4.90 Å². The SMILES string of the molecule is CC(CC(N)=S)N(C)C(=O)C1CCC2CCCCC2C1. The molecule has 0 saturated heterocycles. The highest BCUT2D eigenvalue weighted by atomic mass is 32.1. The van der Waals surface area contributed by atoms with Gasteiger partial charge in [0, 0.05) is 25.4 Å². The largest absolute Gasteiger partial charge is 0.393 e. The molecule has 0 bridgehead atoms. The van der Waals surface area contributed by atoms with Gasteiger partial charge in [0.2, 0.25) is 5.91 Å². The van der Waals surface area contributed by atoms with Gasteiger partial charge in [-0.1, -0.05) is 37.9 Å². The first kappa shape index (κ1) is 15.7. The van der Waals surface area contributed by atoms with E-state index in [0.29, 0.717) is 17.3 Å². The average molecular weight is 296 g/mol. The number of nitrogens with zero attached hydrogens (tertiary/aromatic N) is 1. The summed E-state index contributed by atoms with van der Waals surface area (Å²) in [5.41, 5.74) is 5.59. The maximum absolute atomic E-state index is 12.6. The zero-order chi connectivity index (χ0) is 14.7. The second-order valence-corrected chi connectivity index (χ2v) is 7.31. The lowest BCUT2D eigenvalue weighted by molar-refractivity contribution is -0.138. The van der Waals surface area contributed by atoms with Crippen molar-refractivity contribution >= 4 is 23.1 Å². The van der Waals surface area contributed by atoms with Crippen molar-refractivity contribution in [2.45, 2.75) is 64.3 Å². The molecule has 2 saturated carbocycles. The summed E-state index contributed by atoms with van der Waals surface area (Å²) in [7, 11) is 1.90. The molecule has 2 rings (SSSR count). The molecule has 2 aliphatic rings. The Morgan fingerprint density at radius 3 is 2.55 bits per heavy atom. The Morgan fingerprint density at radius 1 is 1.25 bits per heavy atom. The normalized spacial score (nSPS) is 31.2. The molecule has 0 heterocycles. The molecule has 0 aromatic carbocycles. The van der Waals surface area contributed by atoms with E-state index in [-0.39, 0.29) is 12.0 Å². The molecule has 0 aromatic heterocycles. The van der Waals surface area contributed by atoms with Crippen molar-refractivity contribution in [3.05, 3.63) is 0 Å². The minimum absolute atomic E-state index is 0.115. The Hall–Kier alpha value is -0.640. The highest BCUT2D eigenvalue weighted by molar-refractivity contribution is 7.80. The number of amides is 1. The van der Waals surface area contributed by atoms with Crippen molar-refractivity contribution in [2.24, 2.45) is 23.5 Å². The maximum Gasteiger partial charge on any atom is 0.225 e. The molecule has 2 N–H and O–H groups in total. The third-order valence-electron chi connectivity index (χ3n) is 5.39. The third kappa shape index (κ3) is 3.72. The molecule has 4 heteroatoms. The predicted molar refractivity (Wildman–Crippen MR) is 86.4 cm³/mol. The Bertz CT molecular complexity index is 371. The van der Waals surface area contributed by atoms with Crippen molar-refractivity contribution in [3.63, 3.8) is 0 Å². The highest BCUT2D eigenvalue weighted by Crippen LogP contribution is 2.43. The van der Waals surface area contributed by atoms with Gasteiger partial charge in [0.15, 0.2) is 0 Å². The van der Waals surface area contributed by atoms with Gasteiger partial charge < -0.3 is 10.6 Å². The second-order valence-electron chi connectivity index (χ2n) is 6.78. The molecule has 4 unspecified atom stereocenters. The van der Waals surface area contributed by atoms with E-state index in [2.05, 4.69) is 0 Å². The molecule has 114 valence electrons. The summed E-state index contributed by atoms with van der Waals surface area (Å²) < 4.78 is 0. The van der Waals surface area contributed by atoms with Gasteiger partial charge in [-0.2, -0.15) is 0 Å². The summed E-state index contributed by atoms with van der Waals surface area (Å²) >= 11 is 4.95. The lowest BCUT2D eigenvalue weighted by atomic mass is 9.67. The van der Waals surface area contributed by atoms with Gasteiger partial charge in [0.05, 0.1) is 4.99 Å². The van der Waals surface area contributed by atoms with E-state index in [1.807, 2.05) is 18.9 Å². The third-order valence-corrected chi connectivity index (χ3v) is 5.56. The summed E-state index contributed by atoms with van der Waals surface area (Å²) in [5, 5.41) is 0. The Kier molecular flexibility index (Phi) is 5.42. The molecule has 0 aromatic rings. The van der Waals surface area contributed by atoms with Crippen LogP contribution in [0.5, 0.6) is 0 Å². The van der Waals surface area contributed by atoms with Crippen LogP contribution in [0.4, 0.5) is 0 Å². The molecule has 1 amide bonds. The zero-order valence-corrected chi connectivity index (χ0v) is 13.6. The van der Waals surface area contributed by atoms with E-state index in [0.717, 1.165) is 24.7 Å². The van der Waals surface area contributed by atoms with Crippen LogP contribution in [0.25, 0.3) is 0 Å². The van der Waals surface area contributed by atoms with Crippen LogP contribution in [0.1, 0.15) is 58.3 Å². The summed E-state index contributed by atoms with van der Waals surface area (Å²) in [4.78, 5) is 15.0. The fourth-order valence-corrected chi connectivity index (χ4v) is 4.27. The van der Waals surface area contributed by atoms with E-state index >= 15 is 0 Å². The monoisotopic (exact) mass is 296 g/mol. The van der Waals surface area contributed by atoms with Crippen LogP contribution in [0, 0.1) is 17.8 Å². The van der Waals surface area contributed by atoms with E-state index in [1.165, 1.54) is 32.1 Å². The first-order valence-corrected chi connectivity index (χ1v) is 8.44. The van der Waals surface area contributed by atoms with E-state index in [1.54, 1.807) is 0 Å². The van der Waals surface area contributed by atoms with Gasteiger partial charge >= 0.3 is 0 Å². The number of carbonyl (C=O) groups excluding carboxylic acids is 1. The minimum atomic E-state index is 0.115. The molecular formula is C16H28N2OS. The van der Waals surface area contributed by atoms with E-state index < -0.39 is 0 Å². The first-order chi connectivity index (χ1) is 9.49. The number of hydrogen-bond acceptors (Lipinski definition) is 2. The van der Waals surface area contributed by atoms with Gasteiger partial charge in [-0.3, -0.25) is 4.79 Å². The molecule has 0 radical (unpaired) electrons. The van der Waals surface area contributed by atoms with Crippen LogP contribution >= 0.6 is 12.2 Å². The number of thiocarbonyl (C=S) groups is 1. The van der Waals surface area contributed by atoms with E-state index in [9.17, 15) is 4.79 Å². The van der Waals surface area contributed by atoms with Crippen molar-refractivity contribution in [3.8, 4) is 0 Å². The molecule has 0 aliphatic heterocycles. The zero-order valence-electron chi connectivity index (χ0n) is 12.8. The Labute approximate surface area is 128 Å². The maximum atomic E-state index is 12.6. The number of carbonyl (C=O) groups is 1. The van der Waals surface area contributed by atoms with Crippen LogP contribution in [-0.2, 0) is 4.79 Å². The van der Waals surface area contributed by atoms with Crippen molar-refractivity contribution in [1.29, 1.82) is 0 Å². The second kappa shape index (κ2) is 6.88. The molecule has 0 spiro atoms. The number of nitrogens with two attached hydrogens (primary N) is 1. The van der Waals surface area contributed by atoms with Crippen LogP contribution in [0.3, 0.4) is 0 Å². The summed E-state index contributed by atoms with van der Waals surface area (Å²) in [6, 6.07) is 0.115. The molecule has 3 nitrogen and oxygen atoms in total. The van der Waals surface area contributed by atoms with Crippen molar-refractivity contribution < 1.29 is 4.79 Å². The molecule has 20 heavy (non-hydrogen) atoms. The Morgan fingerprint density at radius 2 is 1.90 bits per heavy atom. The number of hydrogen-bond donors (Lipinski definition) is 1. The minimum Gasteiger partial charge on any atom is -0.393 e. The standard InChI is InChI=1S/C16H28N2OS/c1-11(9-15(17)20)18(2)16(19)14-8-7-12-5-3-4-6-13(12)10-14/h11-14H,3-10H2,1-2H3,(H2,17,20). The van der Waals surface area contributed by atoms with Crippen molar-refractivity contribution in [2.75, 3.05) is 7.05 Å². The molecule has 4 atom stereocenters. The molecular weight excluding hydrogens is 268 g/mol. The van der Waals surface area contributed by atoms with Crippen LogP contribution in [0.15, 0.2) is 0 Å². The lowest BCUT2D eigenvalue weighted by Crippen LogP contribution is -2.43. The van der Waals surface area contributed by atoms with Gasteiger partial charge in [-0.05, 0) is 38.0 Å². The van der Waals surface area contributed by atoms with Crippen LogP contribution < -0.4 is 5.73 Å². The molecule has 2 fully saturated rings. The topological polar surface area (TPSA) is 46.3 Å². The van der Waals surface area contributed by atoms with Crippen LogP contribution in [0.2, 0.25) is 0 Å². The highest BCUT2D eigenvalue weighted by Gasteiger charge is 2.36. The van der Waals surface area contributed by atoms with Gasteiger partial charge in [-0.15, -0.1) is 0 Å². The van der Waals surface area contributed by atoms with Gasteiger partial charge in [-0.25, -0.2) is 0 Å². The Balaban J connectivity index is 1.90. The summed E-state index contributed by atoms with van der Waals surface area (Å²) in [5.74, 6) is 2.23. The average Bonchev–Trinajstić information content (AvgIpc) is 2.44. The van der Waals surface area contributed by atoms with Crippen LogP contribution in [-0.4, -0.2) is 28.9 Å². The predicted octanol–water partition coefficient (Wildman–Crippen LogP) is 3.12. The van der Waals surface area contributed by atoms with Gasteiger partial charge in [0.1, 0.15) is 0 Å².